The second-order valence-corrected chi connectivity index (χ2v) is 8.33. The van der Waals surface area contributed by atoms with Gasteiger partial charge >= 0.3 is 0 Å². The molecule has 0 heterocycles. The lowest BCUT2D eigenvalue weighted by Gasteiger charge is -2.17. The number of sulfonamides is 1. The van der Waals surface area contributed by atoms with Gasteiger partial charge in [-0.1, -0.05) is 13.0 Å². The van der Waals surface area contributed by atoms with Crippen LogP contribution in [0.2, 0.25) is 0 Å². The SMILES string of the molecule is CCCNS(=O)(=O)c1ccc(OCC(=O)N[C@@H](C)c2ccc(OC)c(OC)c2)cc1. The van der Waals surface area contributed by atoms with Crippen LogP contribution in [0.1, 0.15) is 31.9 Å². The molecule has 1 amide bonds. The molecular weight excluding hydrogens is 408 g/mol. The average molecular weight is 437 g/mol. The third-order valence-corrected chi connectivity index (χ3v) is 5.81. The molecule has 0 aromatic heterocycles. The molecule has 0 fully saturated rings. The first kappa shape index (κ1) is 23.5. The first-order valence-corrected chi connectivity index (χ1v) is 11.0. The summed E-state index contributed by atoms with van der Waals surface area (Å²) in [4.78, 5) is 12.4. The van der Waals surface area contributed by atoms with Crippen molar-refractivity contribution in [1.29, 1.82) is 0 Å². The minimum atomic E-state index is -3.53. The van der Waals surface area contributed by atoms with E-state index in [-0.39, 0.29) is 23.5 Å². The summed E-state index contributed by atoms with van der Waals surface area (Å²) in [7, 11) is -0.422. The van der Waals surface area contributed by atoms with Crippen molar-refractivity contribution >= 4 is 15.9 Å². The molecule has 0 saturated heterocycles. The summed E-state index contributed by atoms with van der Waals surface area (Å²) in [5, 5.41) is 2.85. The van der Waals surface area contributed by atoms with E-state index in [0.717, 1.165) is 5.56 Å². The van der Waals surface area contributed by atoms with E-state index in [4.69, 9.17) is 14.2 Å². The van der Waals surface area contributed by atoms with E-state index < -0.39 is 10.0 Å². The predicted molar refractivity (Wildman–Crippen MR) is 114 cm³/mol. The molecule has 0 radical (unpaired) electrons. The van der Waals surface area contributed by atoms with Crippen LogP contribution < -0.4 is 24.2 Å². The van der Waals surface area contributed by atoms with Gasteiger partial charge < -0.3 is 19.5 Å². The molecule has 2 rings (SSSR count). The Morgan fingerprint density at radius 1 is 1.03 bits per heavy atom. The van der Waals surface area contributed by atoms with Gasteiger partial charge in [0, 0.05) is 6.54 Å². The number of rotatable bonds is 11. The maximum Gasteiger partial charge on any atom is 0.258 e. The number of benzene rings is 2. The van der Waals surface area contributed by atoms with Crippen LogP contribution in [0.25, 0.3) is 0 Å². The predicted octanol–water partition coefficient (Wildman–Crippen LogP) is 2.65. The van der Waals surface area contributed by atoms with E-state index in [0.29, 0.717) is 30.2 Å². The van der Waals surface area contributed by atoms with E-state index in [2.05, 4.69) is 10.0 Å². The number of carbonyl (C=O) groups is 1. The molecule has 0 spiro atoms. The van der Waals surface area contributed by atoms with Crippen LogP contribution in [0, 0.1) is 0 Å². The van der Waals surface area contributed by atoms with Crippen molar-refractivity contribution < 1.29 is 27.4 Å². The lowest BCUT2D eigenvalue weighted by molar-refractivity contribution is -0.123. The van der Waals surface area contributed by atoms with Gasteiger partial charge in [-0.05, 0) is 55.3 Å². The summed E-state index contributed by atoms with van der Waals surface area (Å²) in [6, 6.07) is 11.1. The molecular formula is C21H28N2O6S. The fraction of sp³-hybridized carbons (Fsp3) is 0.381. The summed E-state index contributed by atoms with van der Waals surface area (Å²) < 4.78 is 42.6. The van der Waals surface area contributed by atoms with E-state index in [1.165, 1.54) is 24.3 Å². The van der Waals surface area contributed by atoms with E-state index >= 15 is 0 Å². The molecule has 2 aromatic carbocycles. The summed E-state index contributed by atoms with van der Waals surface area (Å²) in [6.45, 7) is 3.91. The molecule has 0 aliphatic rings. The zero-order valence-corrected chi connectivity index (χ0v) is 18.4. The zero-order valence-electron chi connectivity index (χ0n) is 17.6. The number of hydrogen-bond acceptors (Lipinski definition) is 6. The minimum Gasteiger partial charge on any atom is -0.493 e. The van der Waals surface area contributed by atoms with Crippen LogP contribution in [-0.2, 0) is 14.8 Å². The molecule has 0 bridgehead atoms. The number of carbonyl (C=O) groups excluding carboxylic acids is 1. The minimum absolute atomic E-state index is 0.148. The van der Waals surface area contributed by atoms with Gasteiger partial charge in [0.2, 0.25) is 10.0 Å². The number of amides is 1. The van der Waals surface area contributed by atoms with Crippen molar-refractivity contribution in [3.05, 3.63) is 48.0 Å². The van der Waals surface area contributed by atoms with Crippen LogP contribution in [0.3, 0.4) is 0 Å². The molecule has 0 aliphatic carbocycles. The Labute approximate surface area is 177 Å². The lowest BCUT2D eigenvalue weighted by atomic mass is 10.1. The highest BCUT2D eigenvalue weighted by atomic mass is 32.2. The zero-order chi connectivity index (χ0) is 22.1. The van der Waals surface area contributed by atoms with Crippen molar-refractivity contribution in [1.82, 2.24) is 10.0 Å². The molecule has 8 nitrogen and oxygen atoms in total. The molecule has 0 unspecified atom stereocenters. The first-order valence-electron chi connectivity index (χ1n) is 9.54. The summed E-state index contributed by atoms with van der Waals surface area (Å²) in [5.41, 5.74) is 0.857. The van der Waals surface area contributed by atoms with Gasteiger partial charge in [-0.3, -0.25) is 4.79 Å². The quantitative estimate of drug-likeness (QED) is 0.561. The summed E-state index contributed by atoms with van der Waals surface area (Å²) >= 11 is 0. The standard InChI is InChI=1S/C21H28N2O6S/c1-5-12-22-30(25,26)18-9-7-17(8-10-18)29-14-21(24)23-15(2)16-6-11-19(27-3)20(13-16)28-4/h6-11,13,15,22H,5,12,14H2,1-4H3,(H,23,24)/t15-/m0/s1. The normalized spacial score (nSPS) is 12.1. The average Bonchev–Trinajstić information content (AvgIpc) is 2.76. The van der Waals surface area contributed by atoms with Crippen LogP contribution in [0.4, 0.5) is 0 Å². The van der Waals surface area contributed by atoms with Crippen LogP contribution in [0.5, 0.6) is 17.2 Å². The largest absolute Gasteiger partial charge is 0.493 e. The van der Waals surface area contributed by atoms with E-state index in [1.54, 1.807) is 26.4 Å². The smallest absolute Gasteiger partial charge is 0.258 e. The second-order valence-electron chi connectivity index (χ2n) is 6.56. The highest BCUT2D eigenvalue weighted by Crippen LogP contribution is 2.29. The molecule has 9 heteroatoms. The van der Waals surface area contributed by atoms with Gasteiger partial charge in [0.05, 0.1) is 25.2 Å². The summed E-state index contributed by atoms with van der Waals surface area (Å²) in [5.74, 6) is 1.28. The van der Waals surface area contributed by atoms with Gasteiger partial charge in [-0.25, -0.2) is 13.1 Å². The van der Waals surface area contributed by atoms with Gasteiger partial charge in [-0.15, -0.1) is 0 Å². The van der Waals surface area contributed by atoms with Crippen LogP contribution in [0.15, 0.2) is 47.4 Å². The second kappa shape index (κ2) is 10.8. The Morgan fingerprint density at radius 2 is 1.70 bits per heavy atom. The highest BCUT2D eigenvalue weighted by Gasteiger charge is 2.15. The third-order valence-electron chi connectivity index (χ3n) is 4.33. The number of ether oxygens (including phenoxy) is 3. The fourth-order valence-corrected chi connectivity index (χ4v) is 3.81. The van der Waals surface area contributed by atoms with Crippen molar-refractivity contribution in [3.63, 3.8) is 0 Å². The van der Waals surface area contributed by atoms with Gasteiger partial charge in [-0.2, -0.15) is 0 Å². The van der Waals surface area contributed by atoms with Crippen molar-refractivity contribution in [2.24, 2.45) is 0 Å². The molecule has 1 atom stereocenters. The maximum absolute atomic E-state index is 12.2. The Bertz CT molecular complexity index is 944. The first-order chi connectivity index (χ1) is 14.3. The van der Waals surface area contributed by atoms with Crippen LogP contribution >= 0.6 is 0 Å². The molecule has 30 heavy (non-hydrogen) atoms. The molecule has 2 N–H and O–H groups in total. The maximum atomic E-state index is 12.2. The topological polar surface area (TPSA) is 103 Å². The van der Waals surface area contributed by atoms with E-state index in [1.807, 2.05) is 19.9 Å². The number of nitrogens with one attached hydrogen (secondary N) is 2. The third kappa shape index (κ3) is 6.36. The van der Waals surface area contributed by atoms with Crippen molar-refractivity contribution in [2.75, 3.05) is 27.4 Å². The Kier molecular flexibility index (Phi) is 8.49. The highest BCUT2D eigenvalue weighted by molar-refractivity contribution is 7.89. The number of hydrogen-bond donors (Lipinski definition) is 2. The molecule has 2 aromatic rings. The lowest BCUT2D eigenvalue weighted by Crippen LogP contribution is -2.31. The number of methoxy groups -OCH3 is 2. The molecule has 0 saturated carbocycles. The van der Waals surface area contributed by atoms with Gasteiger partial charge in [0.25, 0.3) is 5.91 Å². The Hall–Kier alpha value is -2.78. The Morgan fingerprint density at radius 3 is 2.30 bits per heavy atom. The molecule has 0 aliphatic heterocycles. The van der Waals surface area contributed by atoms with Gasteiger partial charge in [0.15, 0.2) is 18.1 Å². The van der Waals surface area contributed by atoms with Crippen molar-refractivity contribution in [3.8, 4) is 17.2 Å². The molecule has 164 valence electrons. The van der Waals surface area contributed by atoms with Crippen LogP contribution in [-0.4, -0.2) is 41.7 Å². The fourth-order valence-electron chi connectivity index (χ4n) is 2.67. The van der Waals surface area contributed by atoms with Crippen molar-refractivity contribution in [2.45, 2.75) is 31.2 Å². The summed E-state index contributed by atoms with van der Waals surface area (Å²) in [6.07, 6.45) is 0.706. The monoisotopic (exact) mass is 436 g/mol. The van der Waals surface area contributed by atoms with Gasteiger partial charge in [0.1, 0.15) is 5.75 Å². The Balaban J connectivity index is 1.91. The van der Waals surface area contributed by atoms with E-state index in [9.17, 15) is 13.2 Å².